The third-order valence-electron chi connectivity index (χ3n) is 4.70. The van der Waals surface area contributed by atoms with Gasteiger partial charge in [-0.2, -0.15) is 0 Å². The fourth-order valence-electron chi connectivity index (χ4n) is 3.08. The Morgan fingerprint density at radius 3 is 2.60 bits per heavy atom. The summed E-state index contributed by atoms with van der Waals surface area (Å²) >= 11 is 0. The topological polar surface area (TPSA) is 134 Å². The molecule has 0 fully saturated rings. The quantitative estimate of drug-likeness (QED) is 0.339. The van der Waals surface area contributed by atoms with E-state index in [1.165, 1.54) is 6.20 Å². The van der Waals surface area contributed by atoms with Gasteiger partial charge in [-0.1, -0.05) is 18.5 Å². The number of Topliss-reactive ketones (excluding diaryl/α,β-unsaturated/α-hetero) is 1. The van der Waals surface area contributed by atoms with Crippen molar-refractivity contribution in [3.63, 3.8) is 0 Å². The van der Waals surface area contributed by atoms with E-state index in [1.54, 1.807) is 34.9 Å². The first-order chi connectivity index (χ1) is 13.9. The van der Waals surface area contributed by atoms with Gasteiger partial charge in [0.05, 0.1) is 5.97 Å². The van der Waals surface area contributed by atoms with Crippen molar-refractivity contribution in [2.75, 3.05) is 5.73 Å². The Labute approximate surface area is 216 Å². The van der Waals surface area contributed by atoms with Crippen LogP contribution in [0.2, 0.25) is 0 Å². The number of ketones is 1. The van der Waals surface area contributed by atoms with E-state index in [0.717, 1.165) is 18.4 Å². The molecule has 0 unspecified atom stereocenters. The van der Waals surface area contributed by atoms with Gasteiger partial charge in [0, 0.05) is 48.3 Å². The molecular weight excluding hydrogens is 413 g/mol. The van der Waals surface area contributed by atoms with Crippen LogP contribution in [0.5, 0.6) is 5.75 Å². The predicted octanol–water partition coefficient (Wildman–Crippen LogP) is -0.586. The molecule has 2 aromatic heterocycles. The number of hydrogen-bond acceptors (Lipinski definition) is 7. The van der Waals surface area contributed by atoms with Gasteiger partial charge in [-0.3, -0.25) is 4.79 Å². The molecule has 8 nitrogen and oxygen atoms in total. The fourth-order valence-corrected chi connectivity index (χ4v) is 3.08. The summed E-state index contributed by atoms with van der Waals surface area (Å²) < 4.78 is 6.85. The third-order valence-corrected chi connectivity index (χ3v) is 4.70. The summed E-state index contributed by atoms with van der Waals surface area (Å²) in [7, 11) is 0. The molecule has 0 atom stereocenters. The molecule has 0 bridgehead atoms. The van der Waals surface area contributed by atoms with Gasteiger partial charge >= 0.3 is 51.4 Å². The van der Waals surface area contributed by atoms with Crippen molar-refractivity contribution < 1.29 is 75.7 Å². The van der Waals surface area contributed by atoms with Crippen molar-refractivity contribution in [1.82, 2.24) is 9.72 Å². The number of hydrogen-bond donors (Lipinski definition) is 2. The van der Waals surface area contributed by atoms with E-state index in [9.17, 15) is 19.8 Å². The number of phenolic OH excluding ortho intramolecular Hbond substituents is 1. The van der Waals surface area contributed by atoms with Crippen LogP contribution in [0, 0.1) is 0 Å². The van der Waals surface area contributed by atoms with E-state index in [-0.39, 0.29) is 92.7 Å². The van der Waals surface area contributed by atoms with Gasteiger partial charge in [0.1, 0.15) is 23.0 Å². The number of carbonyl (C=O) groups is 2. The number of carboxylic acids is 1. The molecule has 0 spiro atoms. The number of rotatable bonds is 9. The summed E-state index contributed by atoms with van der Waals surface area (Å²) in [4.78, 5) is 24.1. The molecule has 0 saturated carbocycles. The molecule has 30 heavy (non-hydrogen) atoms. The molecule has 0 aliphatic rings. The maximum absolute atomic E-state index is 12.6. The molecule has 3 aromatic rings. The summed E-state index contributed by atoms with van der Waals surface area (Å²) in [6, 6.07) is 8.21. The number of nitrogens with two attached hydrogens (primary N) is 1. The molecule has 0 aliphatic heterocycles. The van der Waals surface area contributed by atoms with Crippen molar-refractivity contribution >= 4 is 17.6 Å². The minimum atomic E-state index is -1.46. The first-order valence-corrected chi connectivity index (χ1v) is 9.38. The molecule has 0 amide bonds. The van der Waals surface area contributed by atoms with Crippen molar-refractivity contribution in [2.24, 2.45) is 0 Å². The Balaban J connectivity index is 0.00000320. The Hall–Kier alpha value is -1.91. The second kappa shape index (κ2) is 10.9. The molecule has 152 valence electrons. The van der Waals surface area contributed by atoms with Gasteiger partial charge < -0.3 is 29.8 Å². The summed E-state index contributed by atoms with van der Waals surface area (Å²) in [6.07, 6.45) is 3.52. The largest absolute Gasteiger partial charge is 1.00 e. The Kier molecular flexibility index (Phi) is 8.87. The van der Waals surface area contributed by atoms with Crippen LogP contribution >= 0.6 is 0 Å². The monoisotopic (exact) mass is 435 g/mol. The number of nitrogen functional groups attached to an aromatic ring is 1. The summed E-state index contributed by atoms with van der Waals surface area (Å²) in [5, 5.41) is 24.8. The molecule has 1 aromatic carbocycles. The van der Waals surface area contributed by atoms with Crippen LogP contribution in [-0.4, -0.2) is 26.6 Å². The number of nitrogens with zero attached hydrogens (tertiary/aromatic N) is 2. The zero-order valence-corrected chi connectivity index (χ0v) is 20.2. The predicted molar refractivity (Wildman–Crippen MR) is 104 cm³/mol. The second-order valence-corrected chi connectivity index (χ2v) is 6.79. The zero-order valence-electron chi connectivity index (χ0n) is 17.1. The van der Waals surface area contributed by atoms with E-state index in [1.807, 2.05) is 6.92 Å². The number of phenols is 1. The van der Waals surface area contributed by atoms with Crippen LogP contribution in [0.25, 0.3) is 11.3 Å². The van der Waals surface area contributed by atoms with E-state index < -0.39 is 5.97 Å². The maximum atomic E-state index is 12.6. The molecule has 9 heteroatoms. The summed E-state index contributed by atoms with van der Waals surface area (Å²) in [6.45, 7) is 2.54. The van der Waals surface area contributed by atoms with E-state index in [2.05, 4.69) is 5.16 Å². The molecule has 0 saturated heterocycles. The molecule has 2 heterocycles. The second-order valence-electron chi connectivity index (χ2n) is 6.79. The molecule has 3 rings (SSSR count). The number of anilines is 1. The van der Waals surface area contributed by atoms with Crippen molar-refractivity contribution in [3.8, 4) is 17.0 Å². The SMILES string of the molecule is CCCCn1cc(C(=O)CCc2cc(-c3ccc(O)cc3)no2)c(C(=O)[O-])c1N.[K+]. The van der Waals surface area contributed by atoms with Crippen molar-refractivity contribution in [3.05, 3.63) is 53.4 Å². The number of carboxylic acid groups (broad SMARTS) is 1. The first-order valence-electron chi connectivity index (χ1n) is 9.38. The average molecular weight is 436 g/mol. The molecule has 0 radical (unpaired) electrons. The van der Waals surface area contributed by atoms with E-state index in [0.29, 0.717) is 18.0 Å². The number of aryl methyl sites for hydroxylation is 2. The Morgan fingerprint density at radius 2 is 1.97 bits per heavy atom. The zero-order chi connectivity index (χ0) is 21.0. The number of carbonyl (C=O) groups excluding carboxylic acids is 2. The average Bonchev–Trinajstić information content (AvgIpc) is 3.29. The number of benzene rings is 1. The van der Waals surface area contributed by atoms with E-state index >= 15 is 0 Å². The maximum Gasteiger partial charge on any atom is 1.00 e. The van der Waals surface area contributed by atoms with Crippen LogP contribution in [0.1, 0.15) is 52.7 Å². The van der Waals surface area contributed by atoms with Crippen LogP contribution in [0.3, 0.4) is 0 Å². The molecular formula is C21H22KN3O5. The van der Waals surface area contributed by atoms with Crippen LogP contribution in [0.4, 0.5) is 5.82 Å². The minimum absolute atomic E-state index is 0. The van der Waals surface area contributed by atoms with Gasteiger partial charge in [-0.25, -0.2) is 0 Å². The minimum Gasteiger partial charge on any atom is -0.545 e. The molecule has 0 aliphatic carbocycles. The normalized spacial score (nSPS) is 10.6. The van der Waals surface area contributed by atoms with Gasteiger partial charge in [0.15, 0.2) is 5.78 Å². The first kappa shape index (κ1) is 24.4. The smallest absolute Gasteiger partial charge is 0.545 e. The van der Waals surface area contributed by atoms with Crippen molar-refractivity contribution in [2.45, 2.75) is 39.2 Å². The van der Waals surface area contributed by atoms with Gasteiger partial charge in [-0.05, 0) is 30.7 Å². The third kappa shape index (κ3) is 5.61. The fraction of sp³-hybridized carbons (Fsp3) is 0.286. The molecule has 3 N–H and O–H groups in total. The van der Waals surface area contributed by atoms with Gasteiger partial charge in [0.25, 0.3) is 0 Å². The Morgan fingerprint density at radius 1 is 1.27 bits per heavy atom. The van der Waals surface area contributed by atoms with Gasteiger partial charge in [0.2, 0.25) is 0 Å². The number of unbranched alkanes of at least 4 members (excludes halogenated alkanes) is 1. The van der Waals surface area contributed by atoms with Crippen LogP contribution in [0.15, 0.2) is 41.1 Å². The summed E-state index contributed by atoms with van der Waals surface area (Å²) in [5.41, 5.74) is 7.06. The van der Waals surface area contributed by atoms with E-state index in [4.69, 9.17) is 10.3 Å². The van der Waals surface area contributed by atoms with Crippen molar-refractivity contribution in [1.29, 1.82) is 0 Å². The number of aromatic carboxylic acids is 1. The summed E-state index contributed by atoms with van der Waals surface area (Å²) in [5.74, 6) is -1.13. The standard InChI is InChI=1S/C21H23N3O5.K/c1-2-3-10-24-12-16(19(20(24)22)21(27)28)18(26)9-8-15-11-17(23-29-15)13-4-6-14(25)7-5-13;/h4-7,11-12,25H,2-3,8-10,22H2,1H3,(H,27,28);/q;+1/p-1. The van der Waals surface area contributed by atoms with Crippen LogP contribution < -0.4 is 62.2 Å². The number of aromatic hydroxyl groups is 1. The van der Waals surface area contributed by atoms with Crippen LogP contribution in [-0.2, 0) is 13.0 Å². The van der Waals surface area contributed by atoms with Gasteiger partial charge in [-0.15, -0.1) is 0 Å². The Bertz CT molecular complexity index is 1020. The number of aromatic nitrogens is 2.